The zero-order chi connectivity index (χ0) is 19.0. The highest BCUT2D eigenvalue weighted by Crippen LogP contribution is 2.26. The highest BCUT2D eigenvalue weighted by Gasteiger charge is 2.13. The Kier molecular flexibility index (Phi) is 4.53. The summed E-state index contributed by atoms with van der Waals surface area (Å²) in [4.78, 5) is 16.8. The van der Waals surface area contributed by atoms with Crippen molar-refractivity contribution in [3.63, 3.8) is 0 Å². The van der Waals surface area contributed by atoms with Crippen molar-refractivity contribution < 1.29 is 4.79 Å². The first-order chi connectivity index (χ1) is 13.0. The van der Waals surface area contributed by atoms with E-state index >= 15 is 0 Å². The maximum absolute atomic E-state index is 12.2. The molecule has 0 saturated heterocycles. The van der Waals surface area contributed by atoms with Crippen LogP contribution in [0.3, 0.4) is 0 Å². The molecule has 4 rings (SSSR count). The van der Waals surface area contributed by atoms with Gasteiger partial charge in [0.15, 0.2) is 5.65 Å². The van der Waals surface area contributed by atoms with E-state index in [2.05, 4.69) is 20.5 Å². The number of hydrogen-bond donors (Lipinski definition) is 1. The molecule has 7 heteroatoms. The van der Waals surface area contributed by atoms with Crippen LogP contribution < -0.4 is 5.32 Å². The van der Waals surface area contributed by atoms with Crippen molar-refractivity contribution in [1.29, 1.82) is 0 Å². The average Bonchev–Trinajstić information content (AvgIpc) is 2.96. The zero-order valence-electron chi connectivity index (χ0n) is 15.4. The molecule has 27 heavy (non-hydrogen) atoms. The quantitative estimate of drug-likeness (QED) is 0.547. The number of rotatable bonds is 4. The molecule has 0 saturated carbocycles. The van der Waals surface area contributed by atoms with Crippen molar-refractivity contribution in [3.05, 3.63) is 53.6 Å². The monoisotopic (exact) mass is 377 g/mol. The number of hydrogen-bond acceptors (Lipinski definition) is 5. The van der Waals surface area contributed by atoms with Crippen LogP contribution in [0, 0.1) is 13.8 Å². The lowest BCUT2D eigenvalue weighted by Crippen LogP contribution is -2.14. The number of nitrogens with one attached hydrogen (secondary N) is 1. The molecule has 0 radical (unpaired) electrons. The summed E-state index contributed by atoms with van der Waals surface area (Å²) in [6, 6.07) is 13.9. The van der Waals surface area contributed by atoms with Gasteiger partial charge in [-0.2, -0.15) is 0 Å². The van der Waals surface area contributed by atoms with Crippen LogP contribution in [0.5, 0.6) is 0 Å². The summed E-state index contributed by atoms with van der Waals surface area (Å²) in [5.74, 6) is 0.133. The third-order valence-electron chi connectivity index (χ3n) is 4.61. The van der Waals surface area contributed by atoms with E-state index in [0.29, 0.717) is 5.16 Å². The van der Waals surface area contributed by atoms with Crippen LogP contribution in [0.4, 0.5) is 5.69 Å². The van der Waals surface area contributed by atoms with Crippen molar-refractivity contribution in [1.82, 2.24) is 19.7 Å². The van der Waals surface area contributed by atoms with E-state index in [1.54, 1.807) is 0 Å². The van der Waals surface area contributed by atoms with E-state index in [-0.39, 0.29) is 11.7 Å². The molecule has 2 aromatic carbocycles. The van der Waals surface area contributed by atoms with Crippen LogP contribution in [-0.2, 0) is 11.8 Å². The fourth-order valence-corrected chi connectivity index (χ4v) is 3.58. The number of aryl methyl sites for hydroxylation is 3. The number of amides is 1. The van der Waals surface area contributed by atoms with Crippen molar-refractivity contribution >= 4 is 45.4 Å². The Hall–Kier alpha value is -2.93. The SMILES string of the molecule is Cc1ccc(NC(=O)CSc2nnc3c4ccccc4n(C)c3n2)cc1C. The Morgan fingerprint density at radius 1 is 1.11 bits per heavy atom. The summed E-state index contributed by atoms with van der Waals surface area (Å²) in [6.45, 7) is 4.07. The van der Waals surface area contributed by atoms with Gasteiger partial charge in [-0.05, 0) is 43.2 Å². The van der Waals surface area contributed by atoms with Gasteiger partial charge in [0.2, 0.25) is 11.1 Å². The van der Waals surface area contributed by atoms with Gasteiger partial charge in [-0.25, -0.2) is 4.98 Å². The number of carbonyl (C=O) groups is 1. The molecular weight excluding hydrogens is 358 g/mol. The smallest absolute Gasteiger partial charge is 0.234 e. The van der Waals surface area contributed by atoms with Gasteiger partial charge in [-0.3, -0.25) is 4.79 Å². The van der Waals surface area contributed by atoms with Crippen LogP contribution in [0.25, 0.3) is 22.1 Å². The molecule has 0 bridgehead atoms. The Labute approximate surface area is 161 Å². The molecule has 0 aliphatic carbocycles. The summed E-state index contributed by atoms with van der Waals surface area (Å²) < 4.78 is 2.00. The number of aromatic nitrogens is 4. The molecule has 0 fully saturated rings. The van der Waals surface area contributed by atoms with E-state index in [0.717, 1.165) is 33.3 Å². The second-order valence-electron chi connectivity index (χ2n) is 6.48. The summed E-state index contributed by atoms with van der Waals surface area (Å²) in [5.41, 5.74) is 5.75. The van der Waals surface area contributed by atoms with E-state index in [1.807, 2.05) is 67.9 Å². The van der Waals surface area contributed by atoms with Gasteiger partial charge in [0.1, 0.15) is 5.52 Å². The van der Waals surface area contributed by atoms with Gasteiger partial charge in [0, 0.05) is 18.1 Å². The van der Waals surface area contributed by atoms with Crippen LogP contribution in [0.1, 0.15) is 11.1 Å². The predicted octanol–water partition coefficient (Wildman–Crippen LogP) is 3.86. The zero-order valence-corrected chi connectivity index (χ0v) is 16.2. The molecule has 0 aliphatic heterocycles. The van der Waals surface area contributed by atoms with Gasteiger partial charge < -0.3 is 9.88 Å². The van der Waals surface area contributed by atoms with Crippen LogP contribution >= 0.6 is 11.8 Å². The third-order valence-corrected chi connectivity index (χ3v) is 5.45. The van der Waals surface area contributed by atoms with E-state index in [9.17, 15) is 4.79 Å². The van der Waals surface area contributed by atoms with Gasteiger partial charge in [0.05, 0.1) is 11.3 Å². The first-order valence-electron chi connectivity index (χ1n) is 8.60. The molecule has 1 N–H and O–H groups in total. The van der Waals surface area contributed by atoms with Crippen LogP contribution in [0.15, 0.2) is 47.6 Å². The Bertz CT molecular complexity index is 1170. The molecule has 0 spiro atoms. The third kappa shape index (κ3) is 3.38. The molecular formula is C20H19N5OS. The van der Waals surface area contributed by atoms with E-state index in [4.69, 9.17) is 0 Å². The number of para-hydroxylation sites is 1. The Balaban J connectivity index is 1.50. The number of benzene rings is 2. The summed E-state index contributed by atoms with van der Waals surface area (Å²) in [6.07, 6.45) is 0. The van der Waals surface area contributed by atoms with Gasteiger partial charge in [-0.15, -0.1) is 10.2 Å². The lowest BCUT2D eigenvalue weighted by molar-refractivity contribution is -0.113. The molecule has 2 aromatic heterocycles. The molecule has 1 amide bonds. The molecule has 0 unspecified atom stereocenters. The summed E-state index contributed by atoms with van der Waals surface area (Å²) >= 11 is 1.28. The van der Waals surface area contributed by atoms with E-state index < -0.39 is 0 Å². The number of nitrogens with zero attached hydrogens (tertiary/aromatic N) is 4. The predicted molar refractivity (Wildman–Crippen MR) is 109 cm³/mol. The normalized spacial score (nSPS) is 11.2. The van der Waals surface area contributed by atoms with Crippen molar-refractivity contribution in [3.8, 4) is 0 Å². The largest absolute Gasteiger partial charge is 0.327 e. The maximum atomic E-state index is 12.2. The maximum Gasteiger partial charge on any atom is 0.234 e. The van der Waals surface area contributed by atoms with Crippen LogP contribution in [-0.4, -0.2) is 31.4 Å². The second-order valence-corrected chi connectivity index (χ2v) is 7.42. The highest BCUT2D eigenvalue weighted by molar-refractivity contribution is 7.99. The molecule has 6 nitrogen and oxygen atoms in total. The molecule has 4 aromatic rings. The molecule has 136 valence electrons. The van der Waals surface area contributed by atoms with E-state index in [1.165, 1.54) is 17.3 Å². The van der Waals surface area contributed by atoms with Gasteiger partial charge in [-0.1, -0.05) is 36.0 Å². The molecule has 0 atom stereocenters. The summed E-state index contributed by atoms with van der Waals surface area (Å²) in [5, 5.41) is 12.9. The highest BCUT2D eigenvalue weighted by atomic mass is 32.2. The summed E-state index contributed by atoms with van der Waals surface area (Å²) in [7, 11) is 1.96. The topological polar surface area (TPSA) is 72.7 Å². The second kappa shape index (κ2) is 7.00. The van der Waals surface area contributed by atoms with Crippen molar-refractivity contribution in [2.75, 3.05) is 11.1 Å². The Morgan fingerprint density at radius 3 is 2.74 bits per heavy atom. The first kappa shape index (κ1) is 17.5. The lowest BCUT2D eigenvalue weighted by atomic mass is 10.1. The Morgan fingerprint density at radius 2 is 1.93 bits per heavy atom. The van der Waals surface area contributed by atoms with Gasteiger partial charge in [0.25, 0.3) is 0 Å². The van der Waals surface area contributed by atoms with Crippen LogP contribution in [0.2, 0.25) is 0 Å². The minimum atomic E-state index is -0.0935. The first-order valence-corrected chi connectivity index (χ1v) is 9.59. The number of carbonyl (C=O) groups excluding carboxylic acids is 1. The fraction of sp³-hybridized carbons (Fsp3) is 0.200. The van der Waals surface area contributed by atoms with Crippen molar-refractivity contribution in [2.24, 2.45) is 7.05 Å². The number of anilines is 1. The average molecular weight is 377 g/mol. The van der Waals surface area contributed by atoms with Crippen molar-refractivity contribution in [2.45, 2.75) is 19.0 Å². The number of fused-ring (bicyclic) bond motifs is 3. The molecule has 2 heterocycles. The standard InChI is InChI=1S/C20H19N5OS/c1-12-8-9-14(10-13(12)2)21-17(26)11-27-20-22-19-18(23-24-20)15-6-4-5-7-16(15)25(19)3/h4-10H,11H2,1-3H3,(H,21,26). The number of thioether (sulfide) groups is 1. The minimum Gasteiger partial charge on any atom is -0.327 e. The fourth-order valence-electron chi connectivity index (χ4n) is 3.00. The lowest BCUT2D eigenvalue weighted by Gasteiger charge is -2.07. The van der Waals surface area contributed by atoms with Gasteiger partial charge >= 0.3 is 0 Å². The minimum absolute atomic E-state index is 0.0935. The molecule has 0 aliphatic rings.